The van der Waals surface area contributed by atoms with Crippen LogP contribution in [0.25, 0.3) is 0 Å². The first kappa shape index (κ1) is 17.1. The summed E-state index contributed by atoms with van der Waals surface area (Å²) >= 11 is 0. The fraction of sp³-hybridized carbons (Fsp3) is 0.300. The Balaban J connectivity index is 1.78. The third kappa shape index (κ3) is 3.27. The minimum absolute atomic E-state index is 0.150. The zero-order chi connectivity index (χ0) is 18.0. The first-order valence-electron chi connectivity index (χ1n) is 8.33. The van der Waals surface area contributed by atoms with Gasteiger partial charge in [0.15, 0.2) is 0 Å². The predicted molar refractivity (Wildman–Crippen MR) is 93.1 cm³/mol. The van der Waals surface area contributed by atoms with E-state index in [0.29, 0.717) is 29.7 Å². The lowest BCUT2D eigenvalue weighted by molar-refractivity contribution is -0.138. The summed E-state index contributed by atoms with van der Waals surface area (Å²) in [4.78, 5) is 23.9. The van der Waals surface area contributed by atoms with E-state index in [-0.39, 0.29) is 11.7 Å². The monoisotopic (exact) mass is 341 g/mol. The average molecular weight is 341 g/mol. The van der Waals surface area contributed by atoms with E-state index in [4.69, 9.17) is 5.11 Å². The summed E-state index contributed by atoms with van der Waals surface area (Å²) in [6, 6.07) is 13.0. The molecule has 1 aliphatic carbocycles. The highest BCUT2D eigenvalue weighted by Gasteiger charge is 2.45. The largest absolute Gasteiger partial charge is 0.481 e. The van der Waals surface area contributed by atoms with Gasteiger partial charge in [0.05, 0.1) is 11.3 Å². The number of amides is 1. The summed E-state index contributed by atoms with van der Waals surface area (Å²) in [6.45, 7) is 1.61. The number of halogens is 1. The maximum Gasteiger partial charge on any atom is 0.310 e. The number of rotatable bonds is 5. The second kappa shape index (κ2) is 6.67. The Labute approximate surface area is 145 Å². The molecule has 4 nitrogen and oxygen atoms in total. The molecule has 1 unspecified atom stereocenters. The number of aliphatic carboxylic acids is 1. The van der Waals surface area contributed by atoms with Crippen molar-refractivity contribution >= 4 is 17.6 Å². The van der Waals surface area contributed by atoms with Crippen LogP contribution in [0.2, 0.25) is 0 Å². The number of anilines is 1. The molecule has 2 aromatic rings. The van der Waals surface area contributed by atoms with Crippen molar-refractivity contribution in [2.24, 2.45) is 0 Å². The minimum atomic E-state index is -0.892. The Morgan fingerprint density at radius 3 is 2.36 bits per heavy atom. The molecule has 2 aromatic carbocycles. The van der Waals surface area contributed by atoms with Gasteiger partial charge < -0.3 is 10.4 Å². The average Bonchev–Trinajstić information content (AvgIpc) is 2.54. The van der Waals surface area contributed by atoms with E-state index in [1.165, 1.54) is 12.1 Å². The second-order valence-corrected chi connectivity index (χ2v) is 6.58. The highest BCUT2D eigenvalue weighted by atomic mass is 19.1. The van der Waals surface area contributed by atoms with Crippen LogP contribution in [-0.2, 0) is 15.0 Å². The van der Waals surface area contributed by atoms with Crippen LogP contribution in [0.15, 0.2) is 48.5 Å². The smallest absolute Gasteiger partial charge is 0.310 e. The molecule has 0 radical (unpaired) electrons. The van der Waals surface area contributed by atoms with Crippen molar-refractivity contribution < 1.29 is 19.1 Å². The summed E-state index contributed by atoms with van der Waals surface area (Å²) in [5, 5.41) is 11.9. The first-order valence-corrected chi connectivity index (χ1v) is 8.33. The molecule has 1 fully saturated rings. The lowest BCUT2D eigenvalue weighted by Gasteiger charge is -2.40. The quantitative estimate of drug-likeness (QED) is 0.861. The van der Waals surface area contributed by atoms with Gasteiger partial charge in [-0.1, -0.05) is 30.7 Å². The number of nitrogens with one attached hydrogen (secondary N) is 1. The molecule has 3 rings (SSSR count). The highest BCUT2D eigenvalue weighted by Crippen LogP contribution is 2.44. The summed E-state index contributed by atoms with van der Waals surface area (Å²) in [6.07, 6.45) is 2.31. The van der Waals surface area contributed by atoms with Crippen LogP contribution in [0.1, 0.15) is 43.2 Å². The third-order valence-corrected chi connectivity index (χ3v) is 5.06. The van der Waals surface area contributed by atoms with Gasteiger partial charge in [0.25, 0.3) is 0 Å². The minimum Gasteiger partial charge on any atom is -0.481 e. The van der Waals surface area contributed by atoms with Crippen LogP contribution >= 0.6 is 0 Å². The fourth-order valence-corrected chi connectivity index (χ4v) is 3.21. The Morgan fingerprint density at radius 2 is 1.84 bits per heavy atom. The van der Waals surface area contributed by atoms with Crippen LogP contribution in [0.5, 0.6) is 0 Å². The van der Waals surface area contributed by atoms with Gasteiger partial charge in [-0.25, -0.2) is 4.39 Å². The molecule has 1 saturated carbocycles. The van der Waals surface area contributed by atoms with Crippen molar-refractivity contribution in [1.29, 1.82) is 0 Å². The molecule has 0 bridgehead atoms. The van der Waals surface area contributed by atoms with Crippen LogP contribution < -0.4 is 5.32 Å². The van der Waals surface area contributed by atoms with Gasteiger partial charge in [0, 0.05) is 5.69 Å². The lowest BCUT2D eigenvalue weighted by atomic mass is 9.63. The van der Waals surface area contributed by atoms with Gasteiger partial charge in [-0.15, -0.1) is 0 Å². The molecular formula is C20H20FNO3. The molecule has 2 N–H and O–H groups in total. The van der Waals surface area contributed by atoms with E-state index in [0.717, 1.165) is 6.42 Å². The number of benzene rings is 2. The maximum absolute atomic E-state index is 13.6. The van der Waals surface area contributed by atoms with Crippen LogP contribution in [0.4, 0.5) is 10.1 Å². The fourth-order valence-electron chi connectivity index (χ4n) is 3.21. The number of carboxylic acids is 1. The van der Waals surface area contributed by atoms with Crippen LogP contribution in [0, 0.1) is 5.82 Å². The van der Waals surface area contributed by atoms with Crippen molar-refractivity contribution in [2.45, 2.75) is 37.5 Å². The second-order valence-electron chi connectivity index (χ2n) is 6.58. The zero-order valence-corrected chi connectivity index (χ0v) is 14.0. The molecule has 0 saturated heterocycles. The first-order chi connectivity index (χ1) is 11.9. The van der Waals surface area contributed by atoms with E-state index in [1.807, 2.05) is 0 Å². The molecule has 1 aliphatic rings. The van der Waals surface area contributed by atoms with Gasteiger partial charge in [-0.05, 0) is 55.2 Å². The molecule has 0 aliphatic heterocycles. The van der Waals surface area contributed by atoms with E-state index in [9.17, 15) is 14.0 Å². The third-order valence-electron chi connectivity index (χ3n) is 5.06. The van der Waals surface area contributed by atoms with E-state index < -0.39 is 17.3 Å². The van der Waals surface area contributed by atoms with Gasteiger partial charge in [0.2, 0.25) is 5.91 Å². The SMILES string of the molecule is CC(C(=O)O)c1ccc(NC(=O)C2(c3cccc(F)c3)CCC2)cc1. The Morgan fingerprint density at radius 1 is 1.16 bits per heavy atom. The molecular weight excluding hydrogens is 321 g/mol. The molecule has 5 heteroatoms. The van der Waals surface area contributed by atoms with Gasteiger partial charge in [0.1, 0.15) is 5.82 Å². The molecule has 0 heterocycles. The van der Waals surface area contributed by atoms with E-state index in [1.54, 1.807) is 43.3 Å². The predicted octanol–water partition coefficient (Wildman–Crippen LogP) is 4.07. The summed E-state index contributed by atoms with van der Waals surface area (Å²) in [5.74, 6) is -1.99. The number of hydrogen-bond donors (Lipinski definition) is 2. The van der Waals surface area contributed by atoms with Crippen LogP contribution in [0.3, 0.4) is 0 Å². The Kier molecular flexibility index (Phi) is 4.57. The summed E-state index contributed by atoms with van der Waals surface area (Å²) in [7, 11) is 0. The van der Waals surface area contributed by atoms with Crippen LogP contribution in [-0.4, -0.2) is 17.0 Å². The number of hydrogen-bond acceptors (Lipinski definition) is 2. The standard InChI is InChI=1S/C20H20FNO3/c1-13(18(23)24)14-6-8-17(9-7-14)22-19(25)20(10-3-11-20)15-4-2-5-16(21)12-15/h2,4-9,12-13H,3,10-11H2,1H3,(H,22,25)(H,23,24). The van der Waals surface area contributed by atoms with Crippen molar-refractivity contribution in [2.75, 3.05) is 5.32 Å². The van der Waals surface area contributed by atoms with Gasteiger partial charge in [-0.2, -0.15) is 0 Å². The van der Waals surface area contributed by atoms with Gasteiger partial charge in [-0.3, -0.25) is 9.59 Å². The van der Waals surface area contributed by atoms with Crippen molar-refractivity contribution in [3.8, 4) is 0 Å². The topological polar surface area (TPSA) is 66.4 Å². The molecule has 130 valence electrons. The van der Waals surface area contributed by atoms with Gasteiger partial charge >= 0.3 is 5.97 Å². The maximum atomic E-state index is 13.6. The normalized spacial score (nSPS) is 16.6. The molecule has 1 amide bonds. The van der Waals surface area contributed by atoms with E-state index in [2.05, 4.69) is 5.32 Å². The Bertz CT molecular complexity index is 797. The molecule has 25 heavy (non-hydrogen) atoms. The molecule has 0 spiro atoms. The number of carbonyl (C=O) groups excluding carboxylic acids is 1. The van der Waals surface area contributed by atoms with Crippen molar-refractivity contribution in [3.63, 3.8) is 0 Å². The highest BCUT2D eigenvalue weighted by molar-refractivity contribution is 6.00. The summed E-state index contributed by atoms with van der Waals surface area (Å²) in [5.41, 5.74) is 1.30. The van der Waals surface area contributed by atoms with Crippen molar-refractivity contribution in [1.82, 2.24) is 0 Å². The Hall–Kier alpha value is -2.69. The van der Waals surface area contributed by atoms with E-state index >= 15 is 0 Å². The zero-order valence-electron chi connectivity index (χ0n) is 14.0. The number of carboxylic acid groups (broad SMARTS) is 1. The lowest BCUT2D eigenvalue weighted by Crippen LogP contribution is -2.46. The molecule has 0 aromatic heterocycles. The number of carbonyl (C=O) groups is 2. The molecule has 1 atom stereocenters. The van der Waals surface area contributed by atoms with Crippen molar-refractivity contribution in [3.05, 3.63) is 65.5 Å². The summed E-state index contributed by atoms with van der Waals surface area (Å²) < 4.78 is 13.6.